The topological polar surface area (TPSA) is 303 Å². The molecule has 119 heavy (non-hydrogen) atoms. The number of aromatic carboxylic acids is 1. The van der Waals surface area contributed by atoms with E-state index in [0.29, 0.717) is 132 Å². The molecule has 2 N–H and O–H groups in total. The zero-order valence-corrected chi connectivity index (χ0v) is 67.4. The van der Waals surface area contributed by atoms with Crippen molar-refractivity contribution >= 4 is 164 Å². The molecular weight excluding hydrogens is 1550 g/mol. The number of carboxylic acids is 1. The normalized spacial score (nSPS) is 12.8. The number of carboxylic acid groups (broad SMARTS) is 1. The number of hydrogen-bond donors (Lipinski definition) is 2. The molecule has 602 valence electrons. The SMILES string of the molecule is COc1cc2c(C(=O)Cl)cc3c4cc5c(cc4ncc3c2cc1OC)OCO5.COc1cc2c(C(=O)NCC(C)(C)N(C)C)cc3c4cc5c(cc4ncc3c2cc1OC)OCO5.COc1cc2c(C(=O)O)cc3c4cc5c(cc4ncc3c2cc1OC)OCO5.COc1cc2c(C(C)=O)cc3c4cc5c(cc4ncc3c2cc1OC)OCO5. The number of nitrogens with zero attached hydrogens (tertiary/aromatic N) is 5. The number of ketones is 1. The van der Waals surface area contributed by atoms with Gasteiger partial charge in [-0.1, -0.05) is 0 Å². The molecule has 20 rings (SSSR count). The molecule has 12 aromatic carbocycles. The van der Waals surface area contributed by atoms with Crippen LogP contribution in [-0.2, 0) is 0 Å². The van der Waals surface area contributed by atoms with Crippen LogP contribution >= 0.6 is 11.6 Å². The van der Waals surface area contributed by atoms with E-state index in [1.54, 1.807) is 105 Å². The van der Waals surface area contributed by atoms with E-state index in [2.05, 4.69) is 44.0 Å². The van der Waals surface area contributed by atoms with E-state index < -0.39 is 11.2 Å². The second-order valence-corrected chi connectivity index (χ2v) is 29.3. The predicted molar refractivity (Wildman–Crippen MR) is 451 cm³/mol. The molecule has 27 nitrogen and oxygen atoms in total. The predicted octanol–water partition coefficient (Wildman–Crippen LogP) is 17.5. The van der Waals surface area contributed by atoms with Crippen molar-refractivity contribution in [2.45, 2.75) is 26.3 Å². The number of pyridine rings is 4. The van der Waals surface area contributed by atoms with Gasteiger partial charge in [-0.3, -0.25) is 34.3 Å². The van der Waals surface area contributed by atoms with Crippen molar-refractivity contribution in [2.24, 2.45) is 0 Å². The van der Waals surface area contributed by atoms with E-state index >= 15 is 0 Å². The van der Waals surface area contributed by atoms with Gasteiger partial charge in [0.05, 0.1) is 84.5 Å². The number of hydrogen-bond acceptors (Lipinski definition) is 25. The summed E-state index contributed by atoms with van der Waals surface area (Å²) in [5, 5.41) is 28.8. The minimum Gasteiger partial charge on any atom is -0.493 e. The van der Waals surface area contributed by atoms with E-state index in [9.17, 15) is 24.3 Å². The van der Waals surface area contributed by atoms with Crippen LogP contribution in [0, 0.1) is 0 Å². The van der Waals surface area contributed by atoms with E-state index in [0.717, 1.165) is 114 Å². The second kappa shape index (κ2) is 30.7. The number of carbonyl (C=O) groups is 4. The molecular formula is C91H75ClN6O21. The highest BCUT2D eigenvalue weighted by Gasteiger charge is 2.29. The summed E-state index contributed by atoms with van der Waals surface area (Å²) in [7, 11) is 16.5. The van der Waals surface area contributed by atoms with Gasteiger partial charge in [0.25, 0.3) is 11.1 Å². The van der Waals surface area contributed by atoms with Crippen LogP contribution in [0.5, 0.6) is 92.0 Å². The number of methoxy groups -OCH3 is 8. The molecule has 8 heterocycles. The number of fused-ring (bicyclic) bond motifs is 24. The first-order chi connectivity index (χ1) is 57.5. The first-order valence-corrected chi connectivity index (χ1v) is 37.7. The Hall–Kier alpha value is -14.3. The maximum Gasteiger partial charge on any atom is 0.336 e. The Morgan fingerprint density at radius 1 is 0.345 bits per heavy atom. The lowest BCUT2D eigenvalue weighted by Gasteiger charge is -2.32. The fourth-order valence-corrected chi connectivity index (χ4v) is 15.6. The van der Waals surface area contributed by atoms with Crippen molar-refractivity contribution in [1.29, 1.82) is 0 Å². The molecule has 4 aliphatic heterocycles. The summed E-state index contributed by atoms with van der Waals surface area (Å²) in [5.41, 5.74) is 4.51. The third-order valence-electron chi connectivity index (χ3n) is 22.1. The van der Waals surface area contributed by atoms with Crippen LogP contribution in [0.2, 0.25) is 0 Å². The minimum absolute atomic E-state index is 0.0233. The molecule has 0 fully saturated rings. The molecule has 28 heteroatoms. The van der Waals surface area contributed by atoms with Crippen LogP contribution < -0.4 is 81.1 Å². The summed E-state index contributed by atoms with van der Waals surface area (Å²) in [6, 6.07) is 36.8. The Morgan fingerprint density at radius 3 is 0.849 bits per heavy atom. The lowest BCUT2D eigenvalue weighted by atomic mass is 9.94. The summed E-state index contributed by atoms with van der Waals surface area (Å²) in [6.07, 6.45) is 7.15. The van der Waals surface area contributed by atoms with Crippen LogP contribution in [0.3, 0.4) is 0 Å². The van der Waals surface area contributed by atoms with Crippen LogP contribution in [-0.4, -0.2) is 163 Å². The van der Waals surface area contributed by atoms with E-state index in [1.165, 1.54) is 7.11 Å². The van der Waals surface area contributed by atoms with Crippen LogP contribution in [0.4, 0.5) is 0 Å². The fourth-order valence-electron chi connectivity index (χ4n) is 15.4. The van der Waals surface area contributed by atoms with Crippen LogP contribution in [0.1, 0.15) is 62.2 Å². The maximum absolute atomic E-state index is 13.6. The minimum atomic E-state index is -1.02. The molecule has 0 saturated heterocycles. The van der Waals surface area contributed by atoms with Gasteiger partial charge in [0.15, 0.2) is 97.8 Å². The molecule has 0 bridgehead atoms. The third-order valence-corrected chi connectivity index (χ3v) is 22.3. The van der Waals surface area contributed by atoms with Gasteiger partial charge in [-0.2, -0.15) is 0 Å². The molecule has 16 aromatic rings. The quantitative estimate of drug-likeness (QED) is 0.0547. The molecule has 4 aromatic heterocycles. The highest BCUT2D eigenvalue weighted by atomic mass is 35.5. The average molecular weight is 1620 g/mol. The number of aromatic nitrogens is 4. The van der Waals surface area contributed by atoms with Gasteiger partial charge in [-0.25, -0.2) is 4.79 Å². The van der Waals surface area contributed by atoms with Gasteiger partial charge >= 0.3 is 5.97 Å². The zero-order valence-electron chi connectivity index (χ0n) is 66.6. The van der Waals surface area contributed by atoms with Gasteiger partial charge < -0.3 is 91.1 Å². The number of likely N-dealkylation sites (N-methyl/N-ethyl adjacent to an activating group) is 1. The number of nitrogens with one attached hydrogen (secondary N) is 1. The van der Waals surface area contributed by atoms with Crippen LogP contribution in [0.25, 0.3) is 130 Å². The largest absolute Gasteiger partial charge is 0.493 e. The van der Waals surface area contributed by atoms with Crippen molar-refractivity contribution in [3.05, 3.63) is 168 Å². The van der Waals surface area contributed by atoms with E-state index in [4.69, 9.17) is 87.4 Å². The number of rotatable bonds is 15. The van der Waals surface area contributed by atoms with Crippen molar-refractivity contribution in [3.63, 3.8) is 0 Å². The van der Waals surface area contributed by atoms with Crippen molar-refractivity contribution in [3.8, 4) is 92.0 Å². The number of Topliss-reactive ketones (excluding diaryl/α,β-unsaturated/α-hetero) is 1. The Labute approximate surface area is 682 Å². The van der Waals surface area contributed by atoms with Crippen molar-refractivity contribution in [1.82, 2.24) is 30.2 Å². The van der Waals surface area contributed by atoms with Gasteiger partial charge in [0.1, 0.15) is 0 Å². The van der Waals surface area contributed by atoms with E-state index in [-0.39, 0.29) is 50.0 Å². The molecule has 0 saturated carbocycles. The Balaban J connectivity index is 0.000000114. The zero-order chi connectivity index (χ0) is 83.1. The molecule has 0 radical (unpaired) electrons. The lowest BCUT2D eigenvalue weighted by molar-refractivity contribution is 0.0698. The molecule has 0 atom stereocenters. The van der Waals surface area contributed by atoms with E-state index in [1.807, 2.05) is 111 Å². The van der Waals surface area contributed by atoms with Gasteiger partial charge in [-0.05, 0) is 203 Å². The molecule has 0 unspecified atom stereocenters. The summed E-state index contributed by atoms with van der Waals surface area (Å²) in [6.45, 7) is 6.93. The van der Waals surface area contributed by atoms with Crippen molar-refractivity contribution < 1.29 is 100 Å². The summed E-state index contributed by atoms with van der Waals surface area (Å²) >= 11 is 5.93. The third kappa shape index (κ3) is 13.5. The highest BCUT2D eigenvalue weighted by molar-refractivity contribution is 6.69. The molecule has 4 aliphatic rings. The Morgan fingerprint density at radius 2 is 0.580 bits per heavy atom. The number of benzene rings is 12. The second-order valence-electron chi connectivity index (χ2n) is 29.0. The lowest BCUT2D eigenvalue weighted by Crippen LogP contribution is -2.48. The monoisotopic (exact) mass is 1620 g/mol. The number of ether oxygens (including phenoxy) is 16. The average Bonchev–Trinajstić information content (AvgIpc) is 1.68. The van der Waals surface area contributed by atoms with Gasteiger partial charge in [0, 0.05) is 126 Å². The van der Waals surface area contributed by atoms with Crippen LogP contribution in [0.15, 0.2) is 146 Å². The van der Waals surface area contributed by atoms with Gasteiger partial charge in [0.2, 0.25) is 27.2 Å². The smallest absolute Gasteiger partial charge is 0.336 e. The first kappa shape index (κ1) is 77.3. The van der Waals surface area contributed by atoms with Gasteiger partial charge in [-0.15, -0.1) is 0 Å². The summed E-state index contributed by atoms with van der Waals surface area (Å²) < 4.78 is 87.6. The fraction of sp³-hybridized carbons (Fsp3) is 0.209. The molecule has 0 aliphatic carbocycles. The first-order valence-electron chi connectivity index (χ1n) is 37.3. The summed E-state index contributed by atoms with van der Waals surface area (Å²) in [5.74, 6) is 8.40. The number of carbonyl (C=O) groups excluding carboxylic acids is 3. The number of amides is 1. The Bertz CT molecular complexity index is 6560. The highest BCUT2D eigenvalue weighted by Crippen LogP contribution is 2.49. The molecule has 1 amide bonds. The Kier molecular flexibility index (Phi) is 19.9. The standard InChI is InChI=1S/C27H29N3O5.C22H17NO5.C21H14ClNO5.C21H15NO6/c1-27(2,30(3)4)13-29-26(31)19-7-15-18-10-24-25(35-14-34-24)11-21(18)28-12-20(15)17-9-23(33-6)22(32-5)8-16(17)19;1-11(24)12-4-13-16-7-21-22(28-10-27-21)8-18(16)23-9-17(13)15-6-20(26-3)19(25-2)5-14(12)15;1-25-17-4-11-12(5-18(17)26-2)15-8-23-16-7-20-19(27-9-28-20)6-13(16)10(15)3-14(11)21(22)24;1-25-17-4-11-12(5-18(17)26-2)15-8-22-16-7-20-19(27-9-28-20)6-13(16)10(15)3-14(11)21(23)24/h7-12H,13-14H2,1-6H3,(H,29,31);4-9H,10H2,1-3H3;3-8H,9H2,1-2H3;3-8H,9H2,1-2H3,(H,23,24). The summed E-state index contributed by atoms with van der Waals surface area (Å²) in [4.78, 5) is 70.8. The number of halogens is 1. The molecule has 0 spiro atoms. The maximum atomic E-state index is 13.6. The van der Waals surface area contributed by atoms with Crippen molar-refractivity contribution in [2.75, 3.05) is 105 Å².